The lowest BCUT2D eigenvalue weighted by molar-refractivity contribution is -0.698. The van der Waals surface area contributed by atoms with E-state index in [0.29, 0.717) is 10.8 Å². The second-order valence-electron chi connectivity index (χ2n) is 11.7. The molecule has 0 spiro atoms. The zero-order valence-corrected chi connectivity index (χ0v) is 30.9. The highest BCUT2D eigenvalue weighted by molar-refractivity contribution is 7.80. The molecule has 3 aromatic rings. The zero-order chi connectivity index (χ0) is 41.9. The van der Waals surface area contributed by atoms with E-state index in [1.807, 2.05) is 36.3 Å². The number of carboxylic acid groups (broad SMARTS) is 2. The van der Waals surface area contributed by atoms with Gasteiger partial charge in [-0.2, -0.15) is 22.5 Å². The Balaban J connectivity index is 0.00000104. The Morgan fingerprint density at radius 1 is 1.24 bits per heavy atom. The first-order chi connectivity index (χ1) is 25.5. The number of β-lactam (4-membered cyclic amide) rings is 1. The number of hydrogen-bond donors (Lipinski definition) is 3. The van der Waals surface area contributed by atoms with E-state index in [1.165, 1.54) is 19.2 Å². The second kappa shape index (κ2) is 19.1. The van der Waals surface area contributed by atoms with E-state index in [2.05, 4.69) is 37.6 Å². The summed E-state index contributed by atoms with van der Waals surface area (Å²) in [7, 11) is -3.30. The third-order valence-electron chi connectivity index (χ3n) is 7.44. The van der Waals surface area contributed by atoms with Gasteiger partial charge in [-0.3, -0.25) is 9.59 Å². The topological polar surface area (TPSA) is 287 Å². The number of rotatable bonds is 16. The van der Waals surface area contributed by atoms with Crippen LogP contribution in [0.15, 0.2) is 47.3 Å². The monoisotopic (exact) mass is 819 g/mol. The van der Waals surface area contributed by atoms with Crippen LogP contribution in [0.4, 0.5) is 18.3 Å². The van der Waals surface area contributed by atoms with Crippen LogP contribution in [-0.2, 0) is 52.3 Å². The third kappa shape index (κ3) is 12.7. The molecule has 24 heteroatoms. The lowest BCUT2D eigenvalue weighted by Crippen LogP contribution is -2.68. The number of thiazole rings is 1. The fraction of sp³-hybridized carbons (Fsp3) is 0.387. The smallest absolute Gasteiger partial charge is 0.430 e. The van der Waals surface area contributed by atoms with Crippen molar-refractivity contribution in [2.24, 2.45) is 18.1 Å². The molecule has 2 atom stereocenters. The van der Waals surface area contributed by atoms with E-state index in [0.717, 1.165) is 42.1 Å². The van der Waals surface area contributed by atoms with Gasteiger partial charge in [0.15, 0.2) is 22.3 Å². The number of oxime groups is 1. The van der Waals surface area contributed by atoms with Crippen LogP contribution in [-0.4, -0.2) is 93.0 Å². The van der Waals surface area contributed by atoms with Crippen LogP contribution < -0.4 is 25.9 Å². The van der Waals surface area contributed by atoms with Gasteiger partial charge in [0.25, 0.3) is 12.0 Å². The van der Waals surface area contributed by atoms with E-state index < -0.39 is 76.5 Å². The Kier molecular flexibility index (Phi) is 15.8. The number of aryl methyl sites for hydroxylation is 2. The number of aliphatic carboxylic acids is 2. The molecule has 2 aromatic heterocycles. The first kappa shape index (κ1) is 45.5. The van der Waals surface area contributed by atoms with Gasteiger partial charge in [0.05, 0.1) is 31.6 Å². The van der Waals surface area contributed by atoms with Crippen molar-refractivity contribution in [1.29, 1.82) is 0 Å². The normalized spacial score (nSPS) is 15.7. The number of nitrogens with two attached hydrogens (primary N) is 1. The number of amides is 1. The first-order valence-corrected chi connectivity index (χ1v) is 17.7. The average molecular weight is 820 g/mol. The Morgan fingerprint density at radius 2 is 1.84 bits per heavy atom. The van der Waals surface area contributed by atoms with Crippen LogP contribution in [0.25, 0.3) is 11.3 Å². The molecule has 1 aromatic carbocycles. The van der Waals surface area contributed by atoms with Gasteiger partial charge < -0.3 is 40.6 Å². The highest BCUT2D eigenvalue weighted by atomic mass is 32.3. The third-order valence-corrected chi connectivity index (χ3v) is 8.45. The number of anilines is 1. The number of nitrogens with zero attached hydrogens (tertiary/aromatic N) is 5. The number of terminal acetylenes is 1. The van der Waals surface area contributed by atoms with E-state index >= 15 is 0 Å². The van der Waals surface area contributed by atoms with Crippen molar-refractivity contribution in [2.45, 2.75) is 51.1 Å². The van der Waals surface area contributed by atoms with Gasteiger partial charge >= 0.3 is 12.1 Å². The minimum atomic E-state index is -5.23. The predicted octanol–water partition coefficient (Wildman–Crippen LogP) is -0.961. The molecule has 1 aliphatic heterocycles. The van der Waals surface area contributed by atoms with Crippen molar-refractivity contribution in [3.8, 4) is 29.9 Å². The van der Waals surface area contributed by atoms with Crippen molar-refractivity contribution in [3.05, 3.63) is 47.9 Å². The Labute approximate surface area is 315 Å². The number of hydroxylamine groups is 2. The zero-order valence-electron chi connectivity index (χ0n) is 29.3. The van der Waals surface area contributed by atoms with E-state index in [1.54, 1.807) is 12.1 Å². The van der Waals surface area contributed by atoms with Crippen molar-refractivity contribution in [1.82, 2.24) is 14.6 Å². The molecule has 3 heterocycles. The minimum Gasteiger partial charge on any atom is -0.724 e. The molecule has 6 N–H and O–H groups in total. The molecular formula is C31H36F3N7O12S2. The molecule has 0 bridgehead atoms. The van der Waals surface area contributed by atoms with Crippen LogP contribution in [0, 0.1) is 18.8 Å². The number of carboxylic acids is 2. The average Bonchev–Trinajstić information content (AvgIpc) is 3.71. The maximum atomic E-state index is 13.3. The number of carbonyl (C=O) groups is 4. The molecule has 1 aliphatic rings. The van der Waals surface area contributed by atoms with Crippen LogP contribution in [0.3, 0.4) is 0 Å². The molecule has 55 heavy (non-hydrogen) atoms. The molecule has 0 saturated carbocycles. The molecule has 0 radical (unpaired) electrons. The molecule has 4 rings (SSSR count). The summed E-state index contributed by atoms with van der Waals surface area (Å²) in [6.07, 6.45) is 5.61. The molecule has 300 valence electrons. The SMILES string of the molecule is C#C.Cn1c[n+](CCC[NH3+])cc1-c1ccc(OC[C@H](O/N=C(\C(=O)CC2C(=O)N(OS(=O)(=O)[O-])C2(C)C)c2csc(N)n2)C(=O)O)cc1.O=C([O-])C(F)(F)F. The van der Waals surface area contributed by atoms with Crippen LogP contribution in [0.5, 0.6) is 5.75 Å². The molecule has 1 unspecified atom stereocenters. The maximum absolute atomic E-state index is 13.3. The summed E-state index contributed by atoms with van der Waals surface area (Å²) >= 11 is 0.984. The number of hydrogen-bond acceptors (Lipinski definition) is 15. The number of ketones is 1. The van der Waals surface area contributed by atoms with Gasteiger partial charge in [0.2, 0.25) is 16.7 Å². The fourth-order valence-electron chi connectivity index (χ4n) is 4.70. The number of carbonyl (C=O) groups excluding carboxylic acids is 3. The summed E-state index contributed by atoms with van der Waals surface area (Å²) < 4.78 is 78.5. The Hall–Kier alpha value is -5.61. The standard InChI is InChI=1S/C27H33N7O10S2.C2HF3O2.C2H2/c1-27(2)18(24(36)34(27)44-46(39,40)41)11-21(35)23(19-14-45-26(29)30-19)31-43-22(25(37)38)13-42-17-7-5-16(6-8-17)20-12-33(10-4-9-28)15-32(20)3;3-2(4,5)1(6)7;1-2/h5-8,12,14-15,18,22H,4,9-11,13,28H2,1-3H3,(H3-,29,30,37,38,39,40,41);(H,6,7);1-2H/b31-23-;;/t18?,22-;;/m0../s1. The summed E-state index contributed by atoms with van der Waals surface area (Å²) in [6.45, 7) is 4.01. The first-order valence-electron chi connectivity index (χ1n) is 15.4. The van der Waals surface area contributed by atoms with Crippen LogP contribution in [0.1, 0.15) is 32.4 Å². The van der Waals surface area contributed by atoms with Gasteiger partial charge in [0, 0.05) is 23.8 Å². The molecular weight excluding hydrogens is 784 g/mol. The summed E-state index contributed by atoms with van der Waals surface area (Å²) in [5.74, 6) is -6.87. The summed E-state index contributed by atoms with van der Waals surface area (Å²) in [4.78, 5) is 55.8. The number of benzene rings is 1. The lowest BCUT2D eigenvalue weighted by Gasteiger charge is -2.51. The highest BCUT2D eigenvalue weighted by Gasteiger charge is 2.57. The largest absolute Gasteiger partial charge is 0.724 e. The number of alkyl halides is 3. The number of aromatic nitrogens is 3. The minimum absolute atomic E-state index is 0.0266. The van der Waals surface area contributed by atoms with Gasteiger partial charge in [0.1, 0.15) is 30.2 Å². The summed E-state index contributed by atoms with van der Waals surface area (Å²) in [5.41, 5.74) is 9.67. The molecule has 0 aliphatic carbocycles. The van der Waals surface area contributed by atoms with Crippen molar-refractivity contribution < 1.29 is 79.7 Å². The van der Waals surface area contributed by atoms with Crippen molar-refractivity contribution >= 4 is 56.2 Å². The van der Waals surface area contributed by atoms with E-state index in [4.69, 9.17) is 25.2 Å². The van der Waals surface area contributed by atoms with Crippen molar-refractivity contribution in [3.63, 3.8) is 0 Å². The van der Waals surface area contributed by atoms with E-state index in [9.17, 15) is 45.6 Å². The molecule has 1 saturated heterocycles. The number of nitrogen functional groups attached to an aromatic ring is 1. The quantitative estimate of drug-likeness (QED) is 0.0299. The van der Waals surface area contributed by atoms with Gasteiger partial charge in [-0.05, 0) is 38.1 Å². The number of quaternary nitrogens is 1. The van der Waals surface area contributed by atoms with Gasteiger partial charge in [-0.15, -0.1) is 24.2 Å². The maximum Gasteiger partial charge on any atom is 0.430 e. The van der Waals surface area contributed by atoms with Gasteiger partial charge in [-0.25, -0.2) is 27.3 Å². The number of halogens is 3. The fourth-order valence-corrected chi connectivity index (χ4v) is 5.70. The van der Waals surface area contributed by atoms with Crippen molar-refractivity contribution in [2.75, 3.05) is 18.9 Å². The molecule has 19 nitrogen and oxygen atoms in total. The summed E-state index contributed by atoms with van der Waals surface area (Å²) in [5, 5.41) is 24.2. The lowest BCUT2D eigenvalue weighted by atomic mass is 9.74. The van der Waals surface area contributed by atoms with E-state index in [-0.39, 0.29) is 10.8 Å². The molecule has 1 fully saturated rings. The summed E-state index contributed by atoms with van der Waals surface area (Å²) in [6, 6.07) is 7.02. The molecule has 1 amide bonds. The Morgan fingerprint density at radius 3 is 2.31 bits per heavy atom. The number of imidazole rings is 1. The van der Waals surface area contributed by atoms with Crippen LogP contribution >= 0.6 is 11.3 Å². The van der Waals surface area contributed by atoms with Gasteiger partial charge in [-0.1, -0.05) is 5.16 Å². The number of Topliss-reactive ketones (excluding diaryl/α,β-unsaturated/α-hetero) is 1. The van der Waals surface area contributed by atoms with Crippen LogP contribution in [0.2, 0.25) is 0 Å². The number of ether oxygens (including phenoxy) is 1. The Bertz CT molecular complexity index is 2000. The predicted molar refractivity (Wildman–Crippen MR) is 180 cm³/mol. The highest BCUT2D eigenvalue weighted by Crippen LogP contribution is 2.40. The second-order valence-corrected chi connectivity index (χ2v) is 13.6.